The number of aryl methyl sites for hydroxylation is 1. The van der Waals surface area contributed by atoms with Crippen LogP contribution in [0.4, 0.5) is 0 Å². The van der Waals surface area contributed by atoms with Gasteiger partial charge >= 0.3 is 0 Å². The topological polar surface area (TPSA) is 4.93 Å². The molecule has 1 aromatic carbocycles. The molecule has 86 valence electrons. The van der Waals surface area contributed by atoms with Gasteiger partial charge in [-0.1, -0.05) is 31.5 Å². The van der Waals surface area contributed by atoms with Gasteiger partial charge in [0.05, 0.1) is 0 Å². The lowest BCUT2D eigenvalue weighted by atomic mass is 10.2. The van der Waals surface area contributed by atoms with Crippen molar-refractivity contribution >= 4 is 34.3 Å². The first-order valence-electron chi connectivity index (χ1n) is 5.44. The average molecular weight is 254 g/mol. The van der Waals surface area contributed by atoms with E-state index in [2.05, 4.69) is 37.6 Å². The Labute approximate surface area is 106 Å². The molecule has 0 spiro atoms. The summed E-state index contributed by atoms with van der Waals surface area (Å²) in [6, 6.07) is 8.27. The van der Waals surface area contributed by atoms with Gasteiger partial charge in [-0.2, -0.15) is 11.8 Å². The van der Waals surface area contributed by atoms with Gasteiger partial charge in [-0.25, -0.2) is 0 Å². The van der Waals surface area contributed by atoms with Crippen molar-refractivity contribution in [2.24, 2.45) is 7.05 Å². The Balaban J connectivity index is 2.40. The third kappa shape index (κ3) is 2.23. The van der Waals surface area contributed by atoms with E-state index in [1.807, 2.05) is 23.9 Å². The lowest BCUT2D eigenvalue weighted by Gasteiger charge is -2.06. The Bertz CT molecular complexity index is 502. The molecule has 16 heavy (non-hydrogen) atoms. The van der Waals surface area contributed by atoms with Crippen LogP contribution in [-0.2, 0) is 12.8 Å². The molecule has 0 unspecified atom stereocenters. The zero-order chi connectivity index (χ0) is 11.7. The van der Waals surface area contributed by atoms with Crippen LogP contribution in [0.1, 0.15) is 19.5 Å². The minimum Gasteiger partial charge on any atom is -0.347 e. The number of rotatable bonds is 3. The molecule has 0 amide bonds. The molecule has 0 atom stereocenters. The molecular formula is C13H16ClNS. The van der Waals surface area contributed by atoms with Gasteiger partial charge in [-0.15, -0.1) is 0 Å². The van der Waals surface area contributed by atoms with Crippen LogP contribution in [0.5, 0.6) is 0 Å². The van der Waals surface area contributed by atoms with E-state index in [0.29, 0.717) is 5.25 Å². The predicted molar refractivity (Wildman–Crippen MR) is 74.4 cm³/mol. The Hall–Kier alpha value is -0.600. The minimum absolute atomic E-state index is 0.661. The minimum atomic E-state index is 0.661. The van der Waals surface area contributed by atoms with E-state index in [9.17, 15) is 0 Å². The normalized spacial score (nSPS) is 11.6. The number of hydrogen-bond acceptors (Lipinski definition) is 1. The van der Waals surface area contributed by atoms with Gasteiger partial charge < -0.3 is 4.57 Å². The molecule has 3 heteroatoms. The summed E-state index contributed by atoms with van der Waals surface area (Å²) in [6.07, 6.45) is 0. The predicted octanol–water partition coefficient (Wildman–Crippen LogP) is 4.47. The molecule has 2 rings (SSSR count). The number of nitrogens with zero attached hydrogens (tertiary/aromatic N) is 1. The van der Waals surface area contributed by atoms with E-state index >= 15 is 0 Å². The van der Waals surface area contributed by atoms with E-state index in [0.717, 1.165) is 16.2 Å². The summed E-state index contributed by atoms with van der Waals surface area (Å²) in [6.45, 7) is 4.45. The fourth-order valence-corrected chi connectivity index (χ4v) is 2.77. The van der Waals surface area contributed by atoms with Gasteiger partial charge in [0.2, 0.25) is 0 Å². The molecule has 2 aromatic rings. The van der Waals surface area contributed by atoms with E-state index in [1.165, 1.54) is 11.2 Å². The van der Waals surface area contributed by atoms with Crippen LogP contribution in [0.15, 0.2) is 24.3 Å². The van der Waals surface area contributed by atoms with Crippen LogP contribution in [0.3, 0.4) is 0 Å². The van der Waals surface area contributed by atoms with Gasteiger partial charge in [0.15, 0.2) is 0 Å². The van der Waals surface area contributed by atoms with Gasteiger partial charge in [0.1, 0.15) is 0 Å². The molecule has 0 aliphatic rings. The van der Waals surface area contributed by atoms with Crippen molar-refractivity contribution in [3.8, 4) is 0 Å². The molecule has 0 aliphatic heterocycles. The van der Waals surface area contributed by atoms with Crippen molar-refractivity contribution in [3.63, 3.8) is 0 Å². The van der Waals surface area contributed by atoms with Gasteiger partial charge in [-0.3, -0.25) is 0 Å². The van der Waals surface area contributed by atoms with Crippen LogP contribution in [-0.4, -0.2) is 9.82 Å². The summed E-state index contributed by atoms with van der Waals surface area (Å²) < 4.78 is 2.23. The second-order valence-corrected chi connectivity index (χ2v) is 6.20. The Kier molecular flexibility index (Phi) is 3.50. The summed E-state index contributed by atoms with van der Waals surface area (Å²) in [5, 5.41) is 2.66. The Morgan fingerprint density at radius 2 is 2.12 bits per heavy atom. The number of fused-ring (bicyclic) bond motifs is 1. The quantitative estimate of drug-likeness (QED) is 0.781. The number of halogens is 1. The Morgan fingerprint density at radius 3 is 2.75 bits per heavy atom. The van der Waals surface area contributed by atoms with Crippen molar-refractivity contribution in [3.05, 3.63) is 35.0 Å². The monoisotopic (exact) mass is 253 g/mol. The zero-order valence-electron chi connectivity index (χ0n) is 9.83. The zero-order valence-corrected chi connectivity index (χ0v) is 11.4. The standard InChI is InChI=1S/C13H16ClNS/c1-9(2)16-8-10-7-11-12(14)5-4-6-13(11)15(10)3/h4-7,9H,8H2,1-3H3. The van der Waals surface area contributed by atoms with E-state index < -0.39 is 0 Å². The van der Waals surface area contributed by atoms with E-state index in [-0.39, 0.29) is 0 Å². The molecule has 0 aliphatic carbocycles. The van der Waals surface area contributed by atoms with Crippen molar-refractivity contribution in [2.75, 3.05) is 0 Å². The Morgan fingerprint density at radius 1 is 1.38 bits per heavy atom. The SMILES string of the molecule is CC(C)SCc1cc2c(Cl)cccc2n1C. The first-order valence-corrected chi connectivity index (χ1v) is 6.86. The molecule has 0 radical (unpaired) electrons. The average Bonchev–Trinajstić information content (AvgIpc) is 2.55. The lowest BCUT2D eigenvalue weighted by Crippen LogP contribution is -1.96. The first-order chi connectivity index (χ1) is 7.59. The van der Waals surface area contributed by atoms with Crippen molar-refractivity contribution < 1.29 is 0 Å². The molecule has 0 saturated heterocycles. The van der Waals surface area contributed by atoms with Crippen molar-refractivity contribution in [2.45, 2.75) is 24.9 Å². The third-order valence-corrected chi connectivity index (χ3v) is 4.16. The number of benzene rings is 1. The maximum atomic E-state index is 6.18. The highest BCUT2D eigenvalue weighted by atomic mass is 35.5. The van der Waals surface area contributed by atoms with Crippen LogP contribution in [0.25, 0.3) is 10.9 Å². The summed E-state index contributed by atoms with van der Waals surface area (Å²) in [7, 11) is 2.11. The second-order valence-electron chi connectivity index (χ2n) is 4.23. The van der Waals surface area contributed by atoms with Gasteiger partial charge in [0, 0.05) is 34.4 Å². The lowest BCUT2D eigenvalue weighted by molar-refractivity contribution is 0.907. The molecule has 1 heterocycles. The van der Waals surface area contributed by atoms with E-state index in [1.54, 1.807) is 0 Å². The first kappa shape index (κ1) is 11.9. The van der Waals surface area contributed by atoms with Crippen molar-refractivity contribution in [1.29, 1.82) is 0 Å². The molecule has 0 fully saturated rings. The molecule has 0 N–H and O–H groups in total. The number of aromatic nitrogens is 1. The van der Waals surface area contributed by atoms with Crippen LogP contribution >= 0.6 is 23.4 Å². The highest BCUT2D eigenvalue weighted by Crippen LogP contribution is 2.28. The highest BCUT2D eigenvalue weighted by Gasteiger charge is 2.08. The maximum Gasteiger partial charge on any atom is 0.0499 e. The van der Waals surface area contributed by atoms with Crippen LogP contribution in [0.2, 0.25) is 5.02 Å². The number of thioether (sulfide) groups is 1. The highest BCUT2D eigenvalue weighted by molar-refractivity contribution is 7.99. The number of hydrogen-bond donors (Lipinski definition) is 0. The second kappa shape index (κ2) is 4.72. The van der Waals surface area contributed by atoms with Gasteiger partial charge in [0.25, 0.3) is 0 Å². The van der Waals surface area contributed by atoms with Crippen molar-refractivity contribution in [1.82, 2.24) is 4.57 Å². The summed E-state index contributed by atoms with van der Waals surface area (Å²) >= 11 is 8.14. The molecule has 1 nitrogen and oxygen atoms in total. The summed E-state index contributed by atoms with van der Waals surface area (Å²) in [5.41, 5.74) is 2.55. The van der Waals surface area contributed by atoms with Crippen LogP contribution in [0, 0.1) is 0 Å². The molecule has 1 aromatic heterocycles. The van der Waals surface area contributed by atoms with Gasteiger partial charge in [-0.05, 0) is 23.4 Å². The van der Waals surface area contributed by atoms with Crippen LogP contribution < -0.4 is 0 Å². The largest absolute Gasteiger partial charge is 0.347 e. The molecule has 0 bridgehead atoms. The third-order valence-electron chi connectivity index (χ3n) is 2.70. The van der Waals surface area contributed by atoms with E-state index in [4.69, 9.17) is 11.6 Å². The fourth-order valence-electron chi connectivity index (χ4n) is 1.77. The fraction of sp³-hybridized carbons (Fsp3) is 0.385. The maximum absolute atomic E-state index is 6.18. The smallest absolute Gasteiger partial charge is 0.0499 e. The summed E-state index contributed by atoms with van der Waals surface area (Å²) in [5.74, 6) is 1.04. The summed E-state index contributed by atoms with van der Waals surface area (Å²) in [4.78, 5) is 0. The molecular weight excluding hydrogens is 238 g/mol. The molecule has 0 saturated carbocycles.